The topological polar surface area (TPSA) is 131 Å². The molecule has 0 aliphatic carbocycles. The highest BCUT2D eigenvalue weighted by Crippen LogP contribution is 2.20. The van der Waals surface area contributed by atoms with Crippen LogP contribution >= 0.6 is 0 Å². The molecule has 3 aromatic rings. The Morgan fingerprint density at radius 1 is 1.17 bits per heavy atom. The van der Waals surface area contributed by atoms with Crippen LogP contribution in [0.3, 0.4) is 0 Å². The van der Waals surface area contributed by atoms with Gasteiger partial charge in [0.2, 0.25) is 17.7 Å². The minimum atomic E-state index is -1.24. The summed E-state index contributed by atoms with van der Waals surface area (Å²) in [6, 6.07) is 14.1. The third-order valence-electron chi connectivity index (χ3n) is 3.11. The molecular formula is C16H12N6O2. The highest BCUT2D eigenvalue weighted by atomic mass is 16.3. The molecule has 2 heterocycles. The Labute approximate surface area is 137 Å². The highest BCUT2D eigenvalue weighted by Gasteiger charge is 2.27. The molecule has 8 heteroatoms. The van der Waals surface area contributed by atoms with Crippen molar-refractivity contribution in [3.63, 3.8) is 0 Å². The van der Waals surface area contributed by atoms with Crippen LogP contribution < -0.4 is 11.1 Å². The number of benzene rings is 1. The summed E-state index contributed by atoms with van der Waals surface area (Å²) in [5, 5.41) is 12.3. The van der Waals surface area contributed by atoms with Crippen molar-refractivity contribution in [2.24, 2.45) is 0 Å². The van der Waals surface area contributed by atoms with E-state index in [0.29, 0.717) is 0 Å². The normalized spacial score (nSPS) is 11.5. The average molecular weight is 320 g/mol. The minimum absolute atomic E-state index is 0.0372. The molecule has 0 spiro atoms. The van der Waals surface area contributed by atoms with Crippen LogP contribution in [0.15, 0.2) is 53.1 Å². The zero-order valence-electron chi connectivity index (χ0n) is 12.4. The Bertz CT molecular complexity index is 887. The van der Waals surface area contributed by atoms with Crippen LogP contribution in [-0.4, -0.2) is 20.7 Å². The molecule has 1 aromatic carbocycles. The zero-order valence-corrected chi connectivity index (χ0v) is 12.4. The van der Waals surface area contributed by atoms with Crippen LogP contribution in [0.25, 0.3) is 0 Å². The summed E-state index contributed by atoms with van der Waals surface area (Å²) in [6.07, 6.45) is 1.35. The summed E-state index contributed by atoms with van der Waals surface area (Å²) in [5.74, 6) is -1.71. The Balaban J connectivity index is 1.92. The summed E-state index contributed by atoms with van der Waals surface area (Å²) in [7, 11) is 0. The predicted molar refractivity (Wildman–Crippen MR) is 85.4 cm³/mol. The first-order valence-electron chi connectivity index (χ1n) is 6.98. The summed E-state index contributed by atoms with van der Waals surface area (Å²) >= 11 is 0. The lowest BCUT2D eigenvalue weighted by Gasteiger charge is -2.09. The predicted octanol–water partition coefficient (Wildman–Crippen LogP) is 2.28. The van der Waals surface area contributed by atoms with Crippen molar-refractivity contribution in [1.29, 1.82) is 5.26 Å². The molecule has 118 valence electrons. The van der Waals surface area contributed by atoms with E-state index in [4.69, 9.17) is 10.2 Å². The first kappa shape index (κ1) is 15.2. The Kier molecular flexibility index (Phi) is 4.16. The molecule has 0 saturated carbocycles. The van der Waals surface area contributed by atoms with Crippen LogP contribution in [-0.2, 0) is 0 Å². The van der Waals surface area contributed by atoms with Crippen molar-refractivity contribution in [2.45, 2.75) is 5.92 Å². The summed E-state index contributed by atoms with van der Waals surface area (Å²) in [4.78, 5) is 24.3. The number of para-hydroxylation sites is 1. The number of ketones is 1. The molecule has 0 unspecified atom stereocenters. The maximum absolute atomic E-state index is 12.3. The van der Waals surface area contributed by atoms with E-state index >= 15 is 0 Å². The number of nitrogens with two attached hydrogens (primary N) is 1. The third kappa shape index (κ3) is 3.20. The number of hydrogen-bond donors (Lipinski definition) is 2. The van der Waals surface area contributed by atoms with Crippen molar-refractivity contribution in [3.05, 3.63) is 60.3 Å². The van der Waals surface area contributed by atoms with Crippen molar-refractivity contribution in [1.82, 2.24) is 15.0 Å². The van der Waals surface area contributed by atoms with Gasteiger partial charge in [-0.15, -0.1) is 0 Å². The second-order valence-corrected chi connectivity index (χ2v) is 4.77. The lowest BCUT2D eigenvalue weighted by Crippen LogP contribution is -2.16. The molecule has 8 nitrogen and oxygen atoms in total. The molecule has 0 aliphatic rings. The van der Waals surface area contributed by atoms with Crippen molar-refractivity contribution in [2.75, 3.05) is 11.1 Å². The number of carbonyl (C=O) groups is 1. The van der Waals surface area contributed by atoms with Crippen molar-refractivity contribution in [3.8, 4) is 6.07 Å². The van der Waals surface area contributed by atoms with Crippen LogP contribution in [0.1, 0.15) is 22.3 Å². The fourth-order valence-corrected chi connectivity index (χ4v) is 2.04. The van der Waals surface area contributed by atoms with E-state index in [0.717, 1.165) is 5.69 Å². The number of Topliss-reactive ketones (excluding diaryl/α,β-unsaturated/α-hetero) is 1. The van der Waals surface area contributed by atoms with E-state index in [1.54, 1.807) is 6.07 Å². The standard InChI is InChI=1S/C16H12N6O2/c17-9-11(13(23)12-7-4-8-24-12)14-20-15(18)22-16(21-14)19-10-5-2-1-3-6-10/h1-8,11H,(H3,18,19,20,21,22)/t11-/m0/s1. The van der Waals surface area contributed by atoms with Gasteiger partial charge in [-0.05, 0) is 24.3 Å². The molecule has 0 bridgehead atoms. The van der Waals surface area contributed by atoms with Gasteiger partial charge in [-0.3, -0.25) is 4.79 Å². The molecule has 3 rings (SSSR count). The molecule has 0 amide bonds. The summed E-state index contributed by atoms with van der Waals surface area (Å²) in [6.45, 7) is 0. The van der Waals surface area contributed by atoms with Crippen LogP contribution in [0.2, 0.25) is 0 Å². The molecule has 1 atom stereocenters. The second-order valence-electron chi connectivity index (χ2n) is 4.77. The van der Waals surface area contributed by atoms with Crippen molar-refractivity contribution < 1.29 is 9.21 Å². The Morgan fingerprint density at radius 3 is 2.62 bits per heavy atom. The largest absolute Gasteiger partial charge is 0.461 e. The Hall–Kier alpha value is -3.73. The number of nitrogens with one attached hydrogen (secondary N) is 1. The number of anilines is 3. The van der Waals surface area contributed by atoms with Gasteiger partial charge in [-0.25, -0.2) is 0 Å². The van der Waals surface area contributed by atoms with Gasteiger partial charge in [0.15, 0.2) is 17.5 Å². The molecule has 3 N–H and O–H groups in total. The molecule has 24 heavy (non-hydrogen) atoms. The molecule has 0 aliphatic heterocycles. The number of aromatic nitrogens is 3. The van der Waals surface area contributed by atoms with Gasteiger partial charge < -0.3 is 15.5 Å². The van der Waals surface area contributed by atoms with E-state index < -0.39 is 11.7 Å². The van der Waals surface area contributed by atoms with Gasteiger partial charge >= 0.3 is 0 Å². The SMILES string of the molecule is N#C[C@@H](C(=O)c1ccco1)c1nc(N)nc(Nc2ccccc2)n1. The van der Waals surface area contributed by atoms with Gasteiger partial charge in [-0.2, -0.15) is 20.2 Å². The molecule has 0 fully saturated rings. The lowest BCUT2D eigenvalue weighted by molar-refractivity contribution is 0.0949. The van der Waals surface area contributed by atoms with Crippen LogP contribution in [0.5, 0.6) is 0 Å². The van der Waals surface area contributed by atoms with Crippen LogP contribution in [0.4, 0.5) is 17.6 Å². The van der Waals surface area contributed by atoms with Gasteiger partial charge in [0.25, 0.3) is 0 Å². The number of hydrogen-bond acceptors (Lipinski definition) is 8. The number of nitriles is 1. The fourth-order valence-electron chi connectivity index (χ4n) is 2.04. The third-order valence-corrected chi connectivity index (χ3v) is 3.11. The van der Waals surface area contributed by atoms with E-state index in [1.807, 2.05) is 36.4 Å². The highest BCUT2D eigenvalue weighted by molar-refractivity contribution is 6.00. The van der Waals surface area contributed by atoms with E-state index in [-0.39, 0.29) is 23.5 Å². The Morgan fingerprint density at radius 2 is 1.96 bits per heavy atom. The summed E-state index contributed by atoms with van der Waals surface area (Å²) in [5.41, 5.74) is 6.41. The number of furan rings is 1. The number of rotatable bonds is 5. The minimum Gasteiger partial charge on any atom is -0.461 e. The van der Waals surface area contributed by atoms with E-state index in [2.05, 4.69) is 20.3 Å². The number of carbonyl (C=O) groups excluding carboxylic acids is 1. The number of nitrogen functional groups attached to an aromatic ring is 1. The average Bonchev–Trinajstić information content (AvgIpc) is 3.10. The fraction of sp³-hybridized carbons (Fsp3) is 0.0625. The molecule has 2 aromatic heterocycles. The van der Waals surface area contributed by atoms with E-state index in [1.165, 1.54) is 12.3 Å². The molecular weight excluding hydrogens is 308 g/mol. The van der Waals surface area contributed by atoms with E-state index in [9.17, 15) is 10.1 Å². The first-order chi connectivity index (χ1) is 11.7. The first-order valence-corrected chi connectivity index (χ1v) is 6.98. The van der Waals surface area contributed by atoms with Gasteiger partial charge in [-0.1, -0.05) is 18.2 Å². The quantitative estimate of drug-likeness (QED) is 0.684. The van der Waals surface area contributed by atoms with Gasteiger partial charge in [0, 0.05) is 5.69 Å². The number of nitrogens with zero attached hydrogens (tertiary/aromatic N) is 4. The maximum atomic E-state index is 12.3. The van der Waals surface area contributed by atoms with Gasteiger partial charge in [0.1, 0.15) is 0 Å². The molecule has 0 radical (unpaired) electrons. The zero-order chi connectivity index (χ0) is 16.9. The smallest absolute Gasteiger partial charge is 0.232 e. The summed E-state index contributed by atoms with van der Waals surface area (Å²) < 4.78 is 5.04. The monoisotopic (exact) mass is 320 g/mol. The maximum Gasteiger partial charge on any atom is 0.232 e. The molecule has 0 saturated heterocycles. The lowest BCUT2D eigenvalue weighted by atomic mass is 10.0. The van der Waals surface area contributed by atoms with Gasteiger partial charge in [0.05, 0.1) is 12.3 Å². The van der Waals surface area contributed by atoms with Crippen LogP contribution in [0, 0.1) is 11.3 Å². The van der Waals surface area contributed by atoms with Crippen molar-refractivity contribution >= 4 is 23.4 Å². The second kappa shape index (κ2) is 6.58.